The molecule has 1 aliphatic rings. The standard InChI is InChI=1S/C17H30N2O/c1-14(2)11-18-12-16-7-10-20-17(16)13-19-8-4-5-15(3)6-9-19/h7,10,14-15,18H,4-6,8-9,11-13H2,1-3H3. The van der Waals surface area contributed by atoms with Gasteiger partial charge in [0.1, 0.15) is 5.76 Å². The molecular weight excluding hydrogens is 248 g/mol. The van der Waals surface area contributed by atoms with E-state index in [1.54, 1.807) is 0 Å². The van der Waals surface area contributed by atoms with Gasteiger partial charge in [-0.3, -0.25) is 4.90 Å². The van der Waals surface area contributed by atoms with Crippen LogP contribution in [0.4, 0.5) is 0 Å². The predicted molar refractivity (Wildman–Crippen MR) is 83.5 cm³/mol. The van der Waals surface area contributed by atoms with Gasteiger partial charge in [0.25, 0.3) is 0 Å². The summed E-state index contributed by atoms with van der Waals surface area (Å²) in [6.07, 6.45) is 5.85. The van der Waals surface area contributed by atoms with Crippen molar-refractivity contribution in [3.8, 4) is 0 Å². The molecule has 0 aliphatic carbocycles. The van der Waals surface area contributed by atoms with Crippen LogP contribution in [0.2, 0.25) is 0 Å². The molecule has 1 N–H and O–H groups in total. The molecular formula is C17H30N2O. The third kappa shape index (κ3) is 4.95. The van der Waals surface area contributed by atoms with Crippen LogP contribution in [0.3, 0.4) is 0 Å². The van der Waals surface area contributed by atoms with E-state index in [4.69, 9.17) is 4.42 Å². The van der Waals surface area contributed by atoms with Gasteiger partial charge in [-0.05, 0) is 56.8 Å². The van der Waals surface area contributed by atoms with Gasteiger partial charge in [0.05, 0.1) is 12.8 Å². The molecule has 114 valence electrons. The fourth-order valence-corrected chi connectivity index (χ4v) is 2.84. The topological polar surface area (TPSA) is 28.4 Å². The zero-order chi connectivity index (χ0) is 14.4. The fourth-order valence-electron chi connectivity index (χ4n) is 2.84. The normalized spacial score (nSPS) is 21.3. The molecule has 2 rings (SSSR count). The zero-order valence-electron chi connectivity index (χ0n) is 13.3. The van der Waals surface area contributed by atoms with E-state index >= 15 is 0 Å². The van der Waals surface area contributed by atoms with Crippen LogP contribution in [0.15, 0.2) is 16.7 Å². The summed E-state index contributed by atoms with van der Waals surface area (Å²) in [6, 6.07) is 2.11. The zero-order valence-corrected chi connectivity index (χ0v) is 13.3. The summed E-state index contributed by atoms with van der Waals surface area (Å²) in [5.41, 5.74) is 1.32. The van der Waals surface area contributed by atoms with Gasteiger partial charge in [0, 0.05) is 12.1 Å². The number of likely N-dealkylation sites (tertiary alicyclic amines) is 1. The maximum Gasteiger partial charge on any atom is 0.122 e. The monoisotopic (exact) mass is 278 g/mol. The molecule has 20 heavy (non-hydrogen) atoms. The summed E-state index contributed by atoms with van der Waals surface area (Å²) < 4.78 is 5.71. The Morgan fingerprint density at radius 3 is 3.00 bits per heavy atom. The second-order valence-corrected chi connectivity index (χ2v) is 6.71. The van der Waals surface area contributed by atoms with Crippen molar-refractivity contribution >= 4 is 0 Å². The van der Waals surface area contributed by atoms with E-state index in [0.29, 0.717) is 5.92 Å². The van der Waals surface area contributed by atoms with E-state index in [9.17, 15) is 0 Å². The Morgan fingerprint density at radius 2 is 2.20 bits per heavy atom. The average Bonchev–Trinajstić information content (AvgIpc) is 2.72. The van der Waals surface area contributed by atoms with E-state index < -0.39 is 0 Å². The lowest BCUT2D eigenvalue weighted by molar-refractivity contribution is 0.249. The minimum Gasteiger partial charge on any atom is -0.468 e. The molecule has 0 saturated carbocycles. The number of rotatable bonds is 6. The van der Waals surface area contributed by atoms with Gasteiger partial charge in [0.2, 0.25) is 0 Å². The van der Waals surface area contributed by atoms with Crippen molar-refractivity contribution in [3.63, 3.8) is 0 Å². The molecule has 1 atom stereocenters. The first-order chi connectivity index (χ1) is 9.65. The molecule has 1 fully saturated rings. The molecule has 3 heteroatoms. The van der Waals surface area contributed by atoms with Crippen molar-refractivity contribution in [3.05, 3.63) is 23.7 Å². The Morgan fingerprint density at radius 1 is 1.35 bits per heavy atom. The van der Waals surface area contributed by atoms with Crippen molar-refractivity contribution in [1.82, 2.24) is 10.2 Å². The van der Waals surface area contributed by atoms with E-state index in [-0.39, 0.29) is 0 Å². The molecule has 0 bridgehead atoms. The van der Waals surface area contributed by atoms with Crippen LogP contribution >= 0.6 is 0 Å². The first-order valence-corrected chi connectivity index (χ1v) is 8.13. The van der Waals surface area contributed by atoms with E-state index in [0.717, 1.165) is 31.3 Å². The summed E-state index contributed by atoms with van der Waals surface area (Å²) >= 11 is 0. The summed E-state index contributed by atoms with van der Waals surface area (Å²) in [4.78, 5) is 2.55. The summed E-state index contributed by atoms with van der Waals surface area (Å²) in [6.45, 7) is 12.2. The number of hydrogen-bond donors (Lipinski definition) is 1. The third-order valence-corrected chi connectivity index (χ3v) is 4.18. The molecule has 0 amide bonds. The van der Waals surface area contributed by atoms with Crippen LogP contribution in [-0.4, -0.2) is 24.5 Å². The van der Waals surface area contributed by atoms with Crippen LogP contribution in [-0.2, 0) is 13.1 Å². The van der Waals surface area contributed by atoms with Gasteiger partial charge in [-0.1, -0.05) is 20.8 Å². The SMILES string of the molecule is CC(C)CNCc1ccoc1CN1CCCC(C)CC1. The number of nitrogens with one attached hydrogen (secondary N) is 1. The van der Waals surface area contributed by atoms with Gasteiger partial charge < -0.3 is 9.73 Å². The van der Waals surface area contributed by atoms with E-state index in [2.05, 4.69) is 37.1 Å². The van der Waals surface area contributed by atoms with Gasteiger partial charge in [-0.25, -0.2) is 0 Å². The van der Waals surface area contributed by atoms with Gasteiger partial charge in [0.15, 0.2) is 0 Å². The minimum atomic E-state index is 0.692. The number of furan rings is 1. The van der Waals surface area contributed by atoms with Crippen LogP contribution in [0.25, 0.3) is 0 Å². The number of hydrogen-bond acceptors (Lipinski definition) is 3. The first kappa shape index (κ1) is 15.6. The molecule has 0 spiro atoms. The summed E-state index contributed by atoms with van der Waals surface area (Å²) in [5.74, 6) is 2.72. The first-order valence-electron chi connectivity index (χ1n) is 8.13. The highest BCUT2D eigenvalue weighted by Gasteiger charge is 2.16. The maximum atomic E-state index is 5.71. The van der Waals surface area contributed by atoms with Crippen LogP contribution in [0, 0.1) is 11.8 Å². The highest BCUT2D eigenvalue weighted by Crippen LogP contribution is 2.20. The van der Waals surface area contributed by atoms with Crippen molar-refractivity contribution in [2.45, 2.75) is 53.1 Å². The molecule has 0 radical (unpaired) electrons. The largest absolute Gasteiger partial charge is 0.468 e. The van der Waals surface area contributed by atoms with Gasteiger partial charge in [-0.15, -0.1) is 0 Å². The third-order valence-electron chi connectivity index (χ3n) is 4.18. The molecule has 1 unspecified atom stereocenters. The Labute approximate surface area is 123 Å². The quantitative estimate of drug-likeness (QED) is 0.861. The molecule has 1 aliphatic heterocycles. The summed E-state index contributed by atoms with van der Waals surface area (Å²) in [5, 5.41) is 3.51. The Balaban J connectivity index is 1.84. The Kier molecular flexibility index (Phi) is 6.11. The van der Waals surface area contributed by atoms with Crippen molar-refractivity contribution in [2.24, 2.45) is 11.8 Å². The lowest BCUT2D eigenvalue weighted by Crippen LogP contribution is -2.25. The van der Waals surface area contributed by atoms with Crippen LogP contribution in [0.1, 0.15) is 51.4 Å². The van der Waals surface area contributed by atoms with Crippen molar-refractivity contribution < 1.29 is 4.42 Å². The summed E-state index contributed by atoms with van der Waals surface area (Å²) in [7, 11) is 0. The van der Waals surface area contributed by atoms with E-state index in [1.807, 2.05) is 6.26 Å². The molecule has 3 nitrogen and oxygen atoms in total. The Hall–Kier alpha value is -0.800. The average molecular weight is 278 g/mol. The smallest absolute Gasteiger partial charge is 0.122 e. The van der Waals surface area contributed by atoms with Crippen LogP contribution in [0.5, 0.6) is 0 Å². The maximum absolute atomic E-state index is 5.71. The van der Waals surface area contributed by atoms with Gasteiger partial charge in [-0.2, -0.15) is 0 Å². The number of nitrogens with zero attached hydrogens (tertiary/aromatic N) is 1. The highest BCUT2D eigenvalue weighted by molar-refractivity contribution is 5.16. The van der Waals surface area contributed by atoms with Crippen molar-refractivity contribution in [2.75, 3.05) is 19.6 Å². The minimum absolute atomic E-state index is 0.692. The Bertz CT molecular complexity index is 386. The second kappa shape index (κ2) is 7.84. The lowest BCUT2D eigenvalue weighted by Gasteiger charge is -2.19. The molecule has 1 aromatic heterocycles. The molecule has 1 saturated heterocycles. The molecule has 2 heterocycles. The van der Waals surface area contributed by atoms with Crippen molar-refractivity contribution in [1.29, 1.82) is 0 Å². The highest BCUT2D eigenvalue weighted by atomic mass is 16.3. The van der Waals surface area contributed by atoms with Gasteiger partial charge >= 0.3 is 0 Å². The second-order valence-electron chi connectivity index (χ2n) is 6.71. The van der Waals surface area contributed by atoms with Crippen LogP contribution < -0.4 is 5.32 Å². The fraction of sp³-hybridized carbons (Fsp3) is 0.765. The lowest BCUT2D eigenvalue weighted by atomic mass is 10.0. The molecule has 1 aromatic rings. The van der Waals surface area contributed by atoms with E-state index in [1.165, 1.54) is 37.9 Å². The predicted octanol–water partition coefficient (Wildman–Crippen LogP) is 3.65. The molecule has 0 aromatic carbocycles.